The number of amides is 3. The lowest BCUT2D eigenvalue weighted by Gasteiger charge is -2.31. The molecule has 1 aliphatic heterocycles. The Labute approximate surface area is 117 Å². The summed E-state index contributed by atoms with van der Waals surface area (Å²) >= 11 is 5.86. The number of nitrogens with one attached hydrogen (secondary N) is 1. The predicted molar refractivity (Wildman–Crippen MR) is 66.5 cm³/mol. The second-order valence-electron chi connectivity index (χ2n) is 4.47. The fourth-order valence-corrected chi connectivity index (χ4v) is 2.06. The SMILES string of the molecule is CC1CN(c2cc(C(F)(F)F)ccc2Cl)C(=O)NC1=O. The van der Waals surface area contributed by atoms with Gasteiger partial charge in [0, 0.05) is 6.54 Å². The molecule has 0 aliphatic carbocycles. The molecule has 20 heavy (non-hydrogen) atoms. The van der Waals surface area contributed by atoms with E-state index in [0.717, 1.165) is 23.1 Å². The highest BCUT2D eigenvalue weighted by Crippen LogP contribution is 2.36. The number of alkyl halides is 3. The van der Waals surface area contributed by atoms with Gasteiger partial charge in [-0.25, -0.2) is 4.79 Å². The maximum atomic E-state index is 12.7. The van der Waals surface area contributed by atoms with E-state index in [1.165, 1.54) is 0 Å². The van der Waals surface area contributed by atoms with E-state index in [1.807, 2.05) is 0 Å². The summed E-state index contributed by atoms with van der Waals surface area (Å²) in [7, 11) is 0. The first kappa shape index (κ1) is 14.6. The van der Waals surface area contributed by atoms with Gasteiger partial charge in [-0.3, -0.25) is 15.0 Å². The van der Waals surface area contributed by atoms with Crippen LogP contribution in [0, 0.1) is 5.92 Å². The molecule has 0 bridgehead atoms. The first-order valence-electron chi connectivity index (χ1n) is 5.69. The third-order valence-electron chi connectivity index (χ3n) is 2.94. The van der Waals surface area contributed by atoms with Gasteiger partial charge in [0.1, 0.15) is 0 Å². The Kier molecular flexibility index (Phi) is 3.64. The van der Waals surface area contributed by atoms with Crippen molar-refractivity contribution < 1.29 is 22.8 Å². The Hall–Kier alpha value is -1.76. The molecule has 1 aromatic carbocycles. The molecule has 3 amide bonds. The molecule has 0 aromatic heterocycles. The molecule has 1 aliphatic rings. The van der Waals surface area contributed by atoms with Gasteiger partial charge in [-0.05, 0) is 18.2 Å². The molecular weight excluding hydrogens is 297 g/mol. The zero-order chi connectivity index (χ0) is 15.1. The number of benzene rings is 1. The predicted octanol–water partition coefficient (Wildman–Crippen LogP) is 3.05. The van der Waals surface area contributed by atoms with Gasteiger partial charge >= 0.3 is 12.2 Å². The molecule has 1 atom stereocenters. The maximum absolute atomic E-state index is 12.7. The van der Waals surface area contributed by atoms with E-state index in [1.54, 1.807) is 6.92 Å². The van der Waals surface area contributed by atoms with Gasteiger partial charge in [0.15, 0.2) is 0 Å². The van der Waals surface area contributed by atoms with E-state index in [2.05, 4.69) is 5.32 Å². The number of hydrogen-bond acceptors (Lipinski definition) is 2. The topological polar surface area (TPSA) is 49.4 Å². The van der Waals surface area contributed by atoms with Crippen molar-refractivity contribution in [3.8, 4) is 0 Å². The standard InChI is InChI=1S/C12H10ClF3N2O2/c1-6-5-18(11(20)17-10(6)19)9-4-7(12(14,15)16)2-3-8(9)13/h2-4,6H,5H2,1H3,(H,17,19,20). The number of imide groups is 1. The van der Waals surface area contributed by atoms with Crippen molar-refractivity contribution in [1.29, 1.82) is 0 Å². The van der Waals surface area contributed by atoms with Crippen LogP contribution < -0.4 is 10.2 Å². The summed E-state index contributed by atoms with van der Waals surface area (Å²) in [6.07, 6.45) is -4.53. The van der Waals surface area contributed by atoms with E-state index >= 15 is 0 Å². The van der Waals surface area contributed by atoms with Crippen molar-refractivity contribution in [2.75, 3.05) is 11.4 Å². The largest absolute Gasteiger partial charge is 0.416 e. The first-order valence-corrected chi connectivity index (χ1v) is 6.07. The van der Waals surface area contributed by atoms with Gasteiger partial charge in [0.2, 0.25) is 5.91 Å². The summed E-state index contributed by atoms with van der Waals surface area (Å²) in [6.45, 7) is 1.54. The molecule has 1 aromatic rings. The van der Waals surface area contributed by atoms with Crippen LogP contribution >= 0.6 is 11.6 Å². The molecular formula is C12H10ClF3N2O2. The Morgan fingerprint density at radius 3 is 2.60 bits per heavy atom. The highest BCUT2D eigenvalue weighted by Gasteiger charge is 2.35. The molecule has 0 saturated carbocycles. The zero-order valence-electron chi connectivity index (χ0n) is 10.3. The van der Waals surface area contributed by atoms with E-state index < -0.39 is 29.6 Å². The number of hydrogen-bond donors (Lipinski definition) is 1. The molecule has 1 unspecified atom stereocenters. The second kappa shape index (κ2) is 4.97. The molecule has 2 rings (SSSR count). The molecule has 0 spiro atoms. The molecule has 1 N–H and O–H groups in total. The Balaban J connectivity index is 2.41. The smallest absolute Gasteiger partial charge is 0.292 e. The van der Waals surface area contributed by atoms with Crippen molar-refractivity contribution in [3.05, 3.63) is 28.8 Å². The van der Waals surface area contributed by atoms with Crippen LogP contribution in [-0.2, 0) is 11.0 Å². The Morgan fingerprint density at radius 1 is 1.35 bits per heavy atom. The van der Waals surface area contributed by atoms with Gasteiger partial charge in [0.25, 0.3) is 0 Å². The molecule has 0 radical (unpaired) electrons. The minimum atomic E-state index is -4.53. The third kappa shape index (κ3) is 2.72. The quantitative estimate of drug-likeness (QED) is 0.867. The summed E-state index contributed by atoms with van der Waals surface area (Å²) in [5.74, 6) is -0.993. The summed E-state index contributed by atoms with van der Waals surface area (Å²) in [5, 5.41) is 2.08. The van der Waals surface area contributed by atoms with Gasteiger partial charge < -0.3 is 0 Å². The number of nitrogens with zero attached hydrogens (tertiary/aromatic N) is 1. The number of carbonyl (C=O) groups excluding carboxylic acids is 2. The maximum Gasteiger partial charge on any atom is 0.416 e. The van der Waals surface area contributed by atoms with Crippen LogP contribution in [0.3, 0.4) is 0 Å². The van der Waals surface area contributed by atoms with Crippen LogP contribution in [0.1, 0.15) is 12.5 Å². The van der Waals surface area contributed by atoms with Gasteiger partial charge in [-0.1, -0.05) is 18.5 Å². The third-order valence-corrected chi connectivity index (χ3v) is 3.26. The van der Waals surface area contributed by atoms with Crippen molar-refractivity contribution in [3.63, 3.8) is 0 Å². The monoisotopic (exact) mass is 306 g/mol. The Morgan fingerprint density at radius 2 is 2.00 bits per heavy atom. The van der Waals surface area contributed by atoms with Crippen molar-refractivity contribution >= 4 is 29.2 Å². The molecule has 1 fully saturated rings. The van der Waals surface area contributed by atoms with Crippen LogP contribution in [0.25, 0.3) is 0 Å². The average molecular weight is 307 g/mol. The van der Waals surface area contributed by atoms with E-state index in [9.17, 15) is 22.8 Å². The fourth-order valence-electron chi connectivity index (χ4n) is 1.84. The number of urea groups is 1. The second-order valence-corrected chi connectivity index (χ2v) is 4.88. The van der Waals surface area contributed by atoms with Crippen LogP contribution in [0.15, 0.2) is 18.2 Å². The summed E-state index contributed by atoms with van der Waals surface area (Å²) in [5.41, 5.74) is -0.979. The number of halogens is 4. The molecule has 1 saturated heterocycles. The molecule has 108 valence electrons. The van der Waals surface area contributed by atoms with E-state index in [-0.39, 0.29) is 17.3 Å². The van der Waals surface area contributed by atoms with Gasteiger partial charge in [-0.15, -0.1) is 0 Å². The minimum Gasteiger partial charge on any atom is -0.292 e. The number of rotatable bonds is 1. The van der Waals surface area contributed by atoms with Crippen molar-refractivity contribution in [2.24, 2.45) is 5.92 Å². The lowest BCUT2D eigenvalue weighted by Crippen LogP contribution is -2.54. The summed E-state index contributed by atoms with van der Waals surface area (Å²) in [4.78, 5) is 24.1. The van der Waals surface area contributed by atoms with Crippen LogP contribution in [-0.4, -0.2) is 18.5 Å². The Bertz CT molecular complexity index is 574. The molecule has 8 heteroatoms. The molecule has 1 heterocycles. The fraction of sp³-hybridized carbons (Fsp3) is 0.333. The molecule has 4 nitrogen and oxygen atoms in total. The lowest BCUT2D eigenvalue weighted by atomic mass is 10.1. The van der Waals surface area contributed by atoms with Gasteiger partial charge in [0.05, 0.1) is 22.2 Å². The summed E-state index contributed by atoms with van der Waals surface area (Å²) < 4.78 is 38.1. The normalized spacial score (nSPS) is 20.1. The zero-order valence-corrected chi connectivity index (χ0v) is 11.0. The average Bonchev–Trinajstić information content (AvgIpc) is 2.33. The summed E-state index contributed by atoms with van der Waals surface area (Å²) in [6, 6.07) is 1.93. The highest BCUT2D eigenvalue weighted by atomic mass is 35.5. The van der Waals surface area contributed by atoms with Crippen LogP contribution in [0.2, 0.25) is 5.02 Å². The van der Waals surface area contributed by atoms with E-state index in [0.29, 0.717) is 0 Å². The lowest BCUT2D eigenvalue weighted by molar-refractivity contribution is -0.137. The van der Waals surface area contributed by atoms with Crippen LogP contribution in [0.5, 0.6) is 0 Å². The minimum absolute atomic E-state index is 0.00898. The van der Waals surface area contributed by atoms with E-state index in [4.69, 9.17) is 11.6 Å². The van der Waals surface area contributed by atoms with Crippen LogP contribution in [0.4, 0.5) is 23.7 Å². The van der Waals surface area contributed by atoms with Gasteiger partial charge in [-0.2, -0.15) is 13.2 Å². The number of carbonyl (C=O) groups is 2. The van der Waals surface area contributed by atoms with Crippen molar-refractivity contribution in [2.45, 2.75) is 13.1 Å². The van der Waals surface area contributed by atoms with Crippen molar-refractivity contribution in [1.82, 2.24) is 5.32 Å². The highest BCUT2D eigenvalue weighted by molar-refractivity contribution is 6.34. The first-order chi connectivity index (χ1) is 9.20. The number of anilines is 1.